The predicted molar refractivity (Wildman–Crippen MR) is 89.2 cm³/mol. The molecule has 0 aliphatic rings. The van der Waals surface area contributed by atoms with Crippen molar-refractivity contribution < 1.29 is 14.6 Å². The molecule has 0 saturated heterocycles. The summed E-state index contributed by atoms with van der Waals surface area (Å²) in [7, 11) is 0. The second kappa shape index (κ2) is 7.92. The average molecular weight is 381 g/mol. The van der Waals surface area contributed by atoms with E-state index in [0.29, 0.717) is 6.42 Å². The Morgan fingerprint density at radius 2 is 2.13 bits per heavy atom. The predicted octanol–water partition coefficient (Wildman–Crippen LogP) is 3.00. The summed E-state index contributed by atoms with van der Waals surface area (Å²) < 4.78 is 6.17. The fraction of sp³-hybridized carbons (Fsp3) is 0.312. The minimum Gasteiger partial charge on any atom is -0.486 e. The summed E-state index contributed by atoms with van der Waals surface area (Å²) >= 11 is 3.42. The van der Waals surface area contributed by atoms with Crippen LogP contribution in [-0.4, -0.2) is 27.7 Å². The molecular formula is C16H17BrN2O4. The summed E-state index contributed by atoms with van der Waals surface area (Å²) in [5, 5.41) is 9.29. The molecule has 0 aliphatic heterocycles. The largest absolute Gasteiger partial charge is 0.486 e. The molecule has 0 bridgehead atoms. The number of halogens is 1. The monoisotopic (exact) mass is 380 g/mol. The third kappa shape index (κ3) is 4.41. The van der Waals surface area contributed by atoms with Crippen LogP contribution >= 0.6 is 15.9 Å². The van der Waals surface area contributed by atoms with E-state index >= 15 is 0 Å². The first kappa shape index (κ1) is 17.2. The molecule has 2 aromatic rings. The first-order chi connectivity index (χ1) is 11.0. The zero-order chi connectivity index (χ0) is 16.8. The Morgan fingerprint density at radius 3 is 2.78 bits per heavy atom. The van der Waals surface area contributed by atoms with Gasteiger partial charge in [0, 0.05) is 10.9 Å². The molecule has 0 unspecified atom stereocenters. The van der Waals surface area contributed by atoms with Gasteiger partial charge in [-0.05, 0) is 18.1 Å². The molecule has 6 nitrogen and oxygen atoms in total. The zero-order valence-corrected chi connectivity index (χ0v) is 14.2. The van der Waals surface area contributed by atoms with Crippen LogP contribution in [0.2, 0.25) is 0 Å². The summed E-state index contributed by atoms with van der Waals surface area (Å²) in [5.74, 6) is -1.24. The van der Waals surface area contributed by atoms with Gasteiger partial charge in [0.2, 0.25) is 5.75 Å². The minimum absolute atomic E-state index is 0.234. The van der Waals surface area contributed by atoms with Gasteiger partial charge in [-0.15, -0.1) is 0 Å². The van der Waals surface area contributed by atoms with E-state index in [2.05, 4.69) is 25.9 Å². The number of hydrogen-bond acceptors (Lipinski definition) is 4. The highest BCUT2D eigenvalue weighted by Crippen LogP contribution is 2.19. The molecule has 1 aromatic carbocycles. The number of ether oxygens (including phenoxy) is 1. The average Bonchev–Trinajstić information content (AvgIpc) is 2.51. The maximum Gasteiger partial charge on any atom is 0.358 e. The first-order valence-electron chi connectivity index (χ1n) is 7.25. The number of H-pyrrole nitrogens is 1. The minimum atomic E-state index is -1.28. The van der Waals surface area contributed by atoms with E-state index in [1.165, 1.54) is 0 Å². The first-order valence-corrected chi connectivity index (χ1v) is 8.05. The molecule has 2 rings (SSSR count). The van der Waals surface area contributed by atoms with E-state index in [1.54, 1.807) is 0 Å². The molecule has 0 radical (unpaired) electrons. The van der Waals surface area contributed by atoms with E-state index in [0.717, 1.165) is 22.9 Å². The van der Waals surface area contributed by atoms with Crippen LogP contribution in [0.5, 0.6) is 5.75 Å². The second-order valence-corrected chi connectivity index (χ2v) is 5.82. The molecule has 1 aromatic heterocycles. The number of carboxylic acids is 1. The van der Waals surface area contributed by atoms with Gasteiger partial charge in [-0.2, -0.15) is 0 Å². The number of benzene rings is 1. The van der Waals surface area contributed by atoms with E-state index in [4.69, 9.17) is 4.74 Å². The summed E-state index contributed by atoms with van der Waals surface area (Å²) in [5.41, 5.74) is -0.0332. The highest BCUT2D eigenvalue weighted by atomic mass is 79.9. The number of aromatic amines is 1. The highest BCUT2D eigenvalue weighted by molar-refractivity contribution is 9.10. The highest BCUT2D eigenvalue weighted by Gasteiger charge is 2.19. The molecule has 0 spiro atoms. The van der Waals surface area contributed by atoms with Crippen molar-refractivity contribution in [1.29, 1.82) is 0 Å². The fourth-order valence-corrected chi connectivity index (χ4v) is 2.44. The number of hydrogen-bond donors (Lipinski definition) is 2. The van der Waals surface area contributed by atoms with E-state index < -0.39 is 11.5 Å². The van der Waals surface area contributed by atoms with Gasteiger partial charge in [-0.25, -0.2) is 9.78 Å². The lowest BCUT2D eigenvalue weighted by Gasteiger charge is -2.09. The smallest absolute Gasteiger partial charge is 0.358 e. The number of carbonyl (C=O) groups is 1. The van der Waals surface area contributed by atoms with Gasteiger partial charge in [-0.3, -0.25) is 4.79 Å². The SMILES string of the molecule is CCCCOc1c(C(=O)O)nc(Cc2ccccc2Br)[nH]c1=O. The lowest BCUT2D eigenvalue weighted by atomic mass is 10.1. The van der Waals surface area contributed by atoms with Crippen LogP contribution in [0.4, 0.5) is 0 Å². The Morgan fingerprint density at radius 1 is 1.39 bits per heavy atom. The number of aromatic nitrogens is 2. The van der Waals surface area contributed by atoms with Gasteiger partial charge in [0.15, 0.2) is 5.69 Å². The van der Waals surface area contributed by atoms with Gasteiger partial charge in [0.25, 0.3) is 5.56 Å². The number of unbranched alkanes of at least 4 members (excludes halogenated alkanes) is 1. The maximum absolute atomic E-state index is 12.1. The van der Waals surface area contributed by atoms with Gasteiger partial charge < -0.3 is 14.8 Å². The van der Waals surface area contributed by atoms with E-state index in [1.807, 2.05) is 31.2 Å². The maximum atomic E-state index is 12.1. The van der Waals surface area contributed by atoms with Gasteiger partial charge in [0.1, 0.15) is 5.82 Å². The summed E-state index contributed by atoms with van der Waals surface area (Å²) in [4.78, 5) is 30.2. The van der Waals surface area contributed by atoms with E-state index in [9.17, 15) is 14.7 Å². The normalized spacial score (nSPS) is 10.5. The van der Waals surface area contributed by atoms with Crippen molar-refractivity contribution in [2.75, 3.05) is 6.61 Å². The number of nitrogens with zero attached hydrogens (tertiary/aromatic N) is 1. The van der Waals surface area contributed by atoms with Crippen LogP contribution in [-0.2, 0) is 6.42 Å². The molecule has 0 saturated carbocycles. The van der Waals surface area contributed by atoms with Crippen molar-refractivity contribution in [3.63, 3.8) is 0 Å². The number of rotatable bonds is 7. The Bertz CT molecular complexity index is 758. The number of carboxylic acid groups (broad SMARTS) is 1. The third-order valence-corrected chi connectivity index (χ3v) is 3.96. The fourth-order valence-electron chi connectivity index (χ4n) is 2.01. The Balaban J connectivity index is 2.34. The molecule has 7 heteroatoms. The third-order valence-electron chi connectivity index (χ3n) is 3.19. The zero-order valence-electron chi connectivity index (χ0n) is 12.6. The molecule has 122 valence electrons. The Labute approximate surface area is 141 Å². The Hall–Kier alpha value is -2.15. The molecule has 0 amide bonds. The van der Waals surface area contributed by atoms with Gasteiger partial charge in [-0.1, -0.05) is 47.5 Å². The van der Waals surface area contributed by atoms with Crippen molar-refractivity contribution in [2.45, 2.75) is 26.2 Å². The summed E-state index contributed by atoms with van der Waals surface area (Å²) in [6.45, 7) is 2.26. The quantitative estimate of drug-likeness (QED) is 0.720. The van der Waals surface area contributed by atoms with E-state index in [-0.39, 0.29) is 23.9 Å². The van der Waals surface area contributed by atoms with Crippen LogP contribution in [0.3, 0.4) is 0 Å². The summed E-state index contributed by atoms with van der Waals surface area (Å²) in [6.07, 6.45) is 1.93. The van der Waals surface area contributed by atoms with Crippen LogP contribution < -0.4 is 10.3 Å². The van der Waals surface area contributed by atoms with Crippen molar-refractivity contribution in [3.05, 3.63) is 56.2 Å². The molecule has 0 aliphatic carbocycles. The summed E-state index contributed by atoms with van der Waals surface area (Å²) in [6, 6.07) is 7.47. The molecule has 23 heavy (non-hydrogen) atoms. The van der Waals surface area contributed by atoms with Crippen LogP contribution in [0.15, 0.2) is 33.5 Å². The van der Waals surface area contributed by atoms with Crippen molar-refractivity contribution in [3.8, 4) is 5.75 Å². The molecule has 0 fully saturated rings. The number of aromatic carboxylic acids is 1. The molecule has 0 atom stereocenters. The van der Waals surface area contributed by atoms with Crippen molar-refractivity contribution >= 4 is 21.9 Å². The molecule has 2 N–H and O–H groups in total. The topological polar surface area (TPSA) is 92.3 Å². The number of nitrogens with one attached hydrogen (secondary N) is 1. The van der Waals surface area contributed by atoms with Crippen LogP contribution in [0, 0.1) is 0 Å². The standard InChI is InChI=1S/C16H17BrN2O4/c1-2-3-8-23-14-13(16(21)22)18-12(19-15(14)20)9-10-6-4-5-7-11(10)17/h4-7H,2-3,8-9H2,1H3,(H,21,22)(H,18,19,20). The second-order valence-electron chi connectivity index (χ2n) is 4.97. The lowest BCUT2D eigenvalue weighted by molar-refractivity contribution is 0.0684. The van der Waals surface area contributed by atoms with Crippen LogP contribution in [0.25, 0.3) is 0 Å². The van der Waals surface area contributed by atoms with Crippen LogP contribution in [0.1, 0.15) is 41.6 Å². The molecular weight excluding hydrogens is 364 g/mol. The van der Waals surface area contributed by atoms with Gasteiger partial charge in [0.05, 0.1) is 6.61 Å². The molecule has 1 heterocycles. The Kier molecular flexibility index (Phi) is 5.92. The lowest BCUT2D eigenvalue weighted by Crippen LogP contribution is -2.21. The van der Waals surface area contributed by atoms with Gasteiger partial charge >= 0.3 is 5.97 Å². The van der Waals surface area contributed by atoms with Crippen molar-refractivity contribution in [2.24, 2.45) is 0 Å². The van der Waals surface area contributed by atoms with Crippen molar-refractivity contribution in [1.82, 2.24) is 9.97 Å².